The van der Waals surface area contributed by atoms with E-state index in [0.29, 0.717) is 0 Å². The van der Waals surface area contributed by atoms with Crippen LogP contribution in [-0.2, 0) is 12.8 Å². The molecule has 0 saturated carbocycles. The third kappa shape index (κ3) is 2.39. The fourth-order valence-corrected chi connectivity index (χ4v) is 2.70. The summed E-state index contributed by atoms with van der Waals surface area (Å²) in [5, 5.41) is 0. The molecule has 0 unspecified atom stereocenters. The van der Waals surface area contributed by atoms with E-state index in [2.05, 4.69) is 0 Å². The van der Waals surface area contributed by atoms with E-state index in [4.69, 9.17) is 5.73 Å². The minimum absolute atomic E-state index is 0.140. The SMILES string of the molecule is Nc1ccccc1CCN1CCc2ccccc2C1=O. The van der Waals surface area contributed by atoms with E-state index in [-0.39, 0.29) is 5.91 Å². The summed E-state index contributed by atoms with van der Waals surface area (Å²) in [6, 6.07) is 15.7. The Hall–Kier alpha value is -2.29. The summed E-state index contributed by atoms with van der Waals surface area (Å²) >= 11 is 0. The number of fused-ring (bicyclic) bond motifs is 1. The van der Waals surface area contributed by atoms with Gasteiger partial charge in [-0.15, -0.1) is 0 Å². The number of anilines is 1. The molecule has 0 aliphatic carbocycles. The zero-order chi connectivity index (χ0) is 13.9. The van der Waals surface area contributed by atoms with E-state index in [9.17, 15) is 4.79 Å². The van der Waals surface area contributed by atoms with Gasteiger partial charge in [-0.25, -0.2) is 0 Å². The van der Waals surface area contributed by atoms with Gasteiger partial charge in [0.05, 0.1) is 0 Å². The molecule has 0 radical (unpaired) electrons. The van der Waals surface area contributed by atoms with Crippen LogP contribution < -0.4 is 5.73 Å². The first-order valence-electron chi connectivity index (χ1n) is 6.96. The lowest BCUT2D eigenvalue weighted by Gasteiger charge is -2.28. The number of rotatable bonds is 3. The molecule has 0 fully saturated rings. The van der Waals surface area contributed by atoms with Crippen LogP contribution in [0.25, 0.3) is 0 Å². The number of para-hydroxylation sites is 1. The molecule has 2 aromatic rings. The van der Waals surface area contributed by atoms with Crippen molar-refractivity contribution in [2.45, 2.75) is 12.8 Å². The lowest BCUT2D eigenvalue weighted by Crippen LogP contribution is -2.38. The van der Waals surface area contributed by atoms with Crippen LogP contribution in [0, 0.1) is 0 Å². The van der Waals surface area contributed by atoms with Gasteiger partial charge in [0.2, 0.25) is 0 Å². The quantitative estimate of drug-likeness (QED) is 0.868. The Morgan fingerprint density at radius 2 is 1.80 bits per heavy atom. The van der Waals surface area contributed by atoms with Gasteiger partial charge in [0, 0.05) is 24.3 Å². The molecule has 0 bridgehead atoms. The van der Waals surface area contributed by atoms with Gasteiger partial charge in [-0.2, -0.15) is 0 Å². The molecular formula is C17H18N2O. The molecule has 20 heavy (non-hydrogen) atoms. The number of nitrogens with two attached hydrogens (primary N) is 1. The summed E-state index contributed by atoms with van der Waals surface area (Å²) in [5.74, 6) is 0.140. The highest BCUT2D eigenvalue weighted by Gasteiger charge is 2.23. The van der Waals surface area contributed by atoms with Gasteiger partial charge < -0.3 is 10.6 Å². The van der Waals surface area contributed by atoms with Crippen LogP contribution in [0.5, 0.6) is 0 Å². The second-order valence-electron chi connectivity index (χ2n) is 5.15. The van der Waals surface area contributed by atoms with E-state index < -0.39 is 0 Å². The van der Waals surface area contributed by atoms with Crippen molar-refractivity contribution in [2.24, 2.45) is 0 Å². The average Bonchev–Trinajstić information content (AvgIpc) is 2.48. The van der Waals surface area contributed by atoms with Gasteiger partial charge in [-0.05, 0) is 36.1 Å². The number of hydrogen-bond donors (Lipinski definition) is 1. The van der Waals surface area contributed by atoms with Crippen molar-refractivity contribution in [3.8, 4) is 0 Å². The highest BCUT2D eigenvalue weighted by atomic mass is 16.2. The third-order valence-corrected chi connectivity index (χ3v) is 3.89. The molecule has 3 nitrogen and oxygen atoms in total. The zero-order valence-corrected chi connectivity index (χ0v) is 11.4. The molecule has 2 aromatic carbocycles. The van der Waals surface area contributed by atoms with Gasteiger partial charge in [0.25, 0.3) is 5.91 Å². The monoisotopic (exact) mass is 266 g/mol. The molecule has 1 heterocycles. The van der Waals surface area contributed by atoms with E-state index >= 15 is 0 Å². The highest BCUT2D eigenvalue weighted by molar-refractivity contribution is 5.96. The largest absolute Gasteiger partial charge is 0.399 e. The van der Waals surface area contributed by atoms with Gasteiger partial charge in [0.1, 0.15) is 0 Å². The Morgan fingerprint density at radius 3 is 2.65 bits per heavy atom. The fraction of sp³-hybridized carbons (Fsp3) is 0.235. The molecule has 2 N–H and O–H groups in total. The number of benzene rings is 2. The van der Waals surface area contributed by atoms with Crippen LogP contribution in [0.1, 0.15) is 21.5 Å². The summed E-state index contributed by atoms with van der Waals surface area (Å²) in [6.07, 6.45) is 1.74. The Balaban J connectivity index is 1.71. The minimum Gasteiger partial charge on any atom is -0.399 e. The van der Waals surface area contributed by atoms with Crippen molar-refractivity contribution in [1.82, 2.24) is 4.90 Å². The van der Waals surface area contributed by atoms with Gasteiger partial charge >= 0.3 is 0 Å². The van der Waals surface area contributed by atoms with E-state index in [1.807, 2.05) is 53.4 Å². The maximum absolute atomic E-state index is 12.4. The predicted molar refractivity (Wildman–Crippen MR) is 80.6 cm³/mol. The van der Waals surface area contributed by atoms with Gasteiger partial charge in [-0.3, -0.25) is 4.79 Å². The normalized spacial score (nSPS) is 14.2. The first-order valence-corrected chi connectivity index (χ1v) is 6.96. The Labute approximate surface area is 119 Å². The average molecular weight is 266 g/mol. The molecule has 1 amide bonds. The van der Waals surface area contributed by atoms with Crippen molar-refractivity contribution in [3.05, 3.63) is 65.2 Å². The molecule has 0 aromatic heterocycles. The summed E-state index contributed by atoms with van der Waals surface area (Å²) in [5.41, 5.74) is 9.86. The number of amides is 1. The van der Waals surface area contributed by atoms with Gasteiger partial charge in [-0.1, -0.05) is 36.4 Å². The number of nitrogen functional groups attached to an aromatic ring is 1. The maximum Gasteiger partial charge on any atom is 0.254 e. The van der Waals surface area contributed by atoms with Crippen molar-refractivity contribution in [2.75, 3.05) is 18.8 Å². The molecule has 3 rings (SSSR count). The molecule has 0 saturated heterocycles. The van der Waals surface area contributed by atoms with Crippen molar-refractivity contribution < 1.29 is 4.79 Å². The number of nitrogens with zero attached hydrogens (tertiary/aromatic N) is 1. The smallest absolute Gasteiger partial charge is 0.254 e. The Bertz CT molecular complexity index is 636. The molecule has 102 valence electrons. The molecule has 3 heteroatoms. The van der Waals surface area contributed by atoms with Crippen molar-refractivity contribution in [1.29, 1.82) is 0 Å². The standard InChI is InChI=1S/C17H18N2O/c18-16-8-4-2-6-14(16)10-12-19-11-9-13-5-1-3-7-15(13)17(19)20/h1-8H,9-12,18H2. The second kappa shape index (κ2) is 5.37. The maximum atomic E-state index is 12.4. The number of carbonyl (C=O) groups excluding carboxylic acids is 1. The third-order valence-electron chi connectivity index (χ3n) is 3.89. The number of carbonyl (C=O) groups is 1. The zero-order valence-electron chi connectivity index (χ0n) is 11.4. The summed E-state index contributed by atoms with van der Waals surface area (Å²) in [7, 11) is 0. The van der Waals surface area contributed by atoms with Gasteiger partial charge in [0.15, 0.2) is 0 Å². The van der Waals surface area contributed by atoms with Crippen LogP contribution in [0.3, 0.4) is 0 Å². The van der Waals surface area contributed by atoms with Crippen LogP contribution in [0.4, 0.5) is 5.69 Å². The Kier molecular flexibility index (Phi) is 3.42. The molecule has 0 spiro atoms. The first-order chi connectivity index (χ1) is 9.75. The van der Waals surface area contributed by atoms with Crippen molar-refractivity contribution >= 4 is 11.6 Å². The van der Waals surface area contributed by atoms with Crippen LogP contribution >= 0.6 is 0 Å². The molecular weight excluding hydrogens is 248 g/mol. The van der Waals surface area contributed by atoms with Crippen molar-refractivity contribution in [3.63, 3.8) is 0 Å². The molecule has 1 aliphatic rings. The summed E-state index contributed by atoms with van der Waals surface area (Å²) in [6.45, 7) is 1.52. The Morgan fingerprint density at radius 1 is 1.05 bits per heavy atom. The lowest BCUT2D eigenvalue weighted by molar-refractivity contribution is 0.0742. The lowest BCUT2D eigenvalue weighted by atomic mass is 9.98. The van der Waals surface area contributed by atoms with E-state index in [1.54, 1.807) is 0 Å². The summed E-state index contributed by atoms with van der Waals surface area (Å²) in [4.78, 5) is 14.3. The minimum atomic E-state index is 0.140. The molecule has 1 aliphatic heterocycles. The number of hydrogen-bond acceptors (Lipinski definition) is 2. The van der Waals surface area contributed by atoms with Crippen LogP contribution in [0.15, 0.2) is 48.5 Å². The predicted octanol–water partition coefficient (Wildman–Crippen LogP) is 2.51. The highest BCUT2D eigenvalue weighted by Crippen LogP contribution is 2.19. The first kappa shape index (κ1) is 12.7. The molecule has 0 atom stereocenters. The second-order valence-corrected chi connectivity index (χ2v) is 5.15. The topological polar surface area (TPSA) is 46.3 Å². The fourth-order valence-electron chi connectivity index (χ4n) is 2.70. The summed E-state index contributed by atoms with van der Waals surface area (Å²) < 4.78 is 0. The van der Waals surface area contributed by atoms with E-state index in [0.717, 1.165) is 48.3 Å². The van der Waals surface area contributed by atoms with Crippen LogP contribution in [-0.4, -0.2) is 23.9 Å². The van der Waals surface area contributed by atoms with Crippen LogP contribution in [0.2, 0.25) is 0 Å². The van der Waals surface area contributed by atoms with E-state index in [1.165, 1.54) is 0 Å².